The Bertz CT molecular complexity index is 500. The van der Waals surface area contributed by atoms with Crippen molar-refractivity contribution in [1.29, 1.82) is 0 Å². The van der Waals surface area contributed by atoms with E-state index in [1.165, 1.54) is 0 Å². The van der Waals surface area contributed by atoms with Crippen molar-refractivity contribution in [2.75, 3.05) is 13.2 Å². The standard InChI is InChI=1S/C15H19NO4/c1-10-6-8-20-13(10)14(17)16-7-5-11-3-2-4-12(9-11)15(18)19/h2-4,9-10,13H,5-8H2,1H3,(H,16,17)(H,18,19). The number of rotatable bonds is 5. The molecule has 1 amide bonds. The zero-order chi connectivity index (χ0) is 14.5. The van der Waals surface area contributed by atoms with Gasteiger partial charge in [0.25, 0.3) is 0 Å². The maximum atomic E-state index is 11.9. The number of ether oxygens (including phenoxy) is 1. The first kappa shape index (κ1) is 14.5. The van der Waals surface area contributed by atoms with Crippen LogP contribution in [0.5, 0.6) is 0 Å². The fourth-order valence-corrected chi connectivity index (χ4v) is 2.32. The summed E-state index contributed by atoms with van der Waals surface area (Å²) in [5.41, 5.74) is 1.16. The van der Waals surface area contributed by atoms with Gasteiger partial charge in [-0.2, -0.15) is 0 Å². The highest BCUT2D eigenvalue weighted by Crippen LogP contribution is 2.19. The Balaban J connectivity index is 1.82. The van der Waals surface area contributed by atoms with E-state index < -0.39 is 5.97 Å². The molecule has 5 nitrogen and oxygen atoms in total. The third kappa shape index (κ3) is 3.57. The monoisotopic (exact) mass is 277 g/mol. The zero-order valence-corrected chi connectivity index (χ0v) is 11.5. The quantitative estimate of drug-likeness (QED) is 0.854. The molecule has 5 heteroatoms. The number of hydrogen-bond donors (Lipinski definition) is 2. The normalized spacial score (nSPS) is 21.6. The van der Waals surface area contributed by atoms with E-state index in [2.05, 4.69) is 5.32 Å². The van der Waals surface area contributed by atoms with Crippen molar-refractivity contribution in [3.8, 4) is 0 Å². The van der Waals surface area contributed by atoms with Gasteiger partial charge in [0.05, 0.1) is 5.56 Å². The van der Waals surface area contributed by atoms with E-state index in [0.717, 1.165) is 12.0 Å². The molecule has 0 spiro atoms. The third-order valence-electron chi connectivity index (χ3n) is 3.53. The van der Waals surface area contributed by atoms with Crippen LogP contribution in [-0.2, 0) is 16.0 Å². The van der Waals surface area contributed by atoms with Gasteiger partial charge in [0.1, 0.15) is 6.10 Å². The van der Waals surface area contributed by atoms with E-state index in [1.807, 2.05) is 13.0 Å². The summed E-state index contributed by atoms with van der Waals surface area (Å²) < 4.78 is 5.39. The first-order valence-corrected chi connectivity index (χ1v) is 6.79. The largest absolute Gasteiger partial charge is 0.478 e. The van der Waals surface area contributed by atoms with Crippen molar-refractivity contribution in [2.45, 2.75) is 25.9 Å². The Labute approximate surface area is 117 Å². The van der Waals surface area contributed by atoms with Crippen LogP contribution >= 0.6 is 0 Å². The number of nitrogens with one attached hydrogen (secondary N) is 1. The second-order valence-corrected chi connectivity index (χ2v) is 5.10. The molecule has 2 rings (SSSR count). The van der Waals surface area contributed by atoms with E-state index in [0.29, 0.717) is 19.6 Å². The second-order valence-electron chi connectivity index (χ2n) is 5.10. The highest BCUT2D eigenvalue weighted by atomic mass is 16.5. The molecule has 0 radical (unpaired) electrons. The van der Waals surface area contributed by atoms with Gasteiger partial charge in [-0.25, -0.2) is 4.79 Å². The number of hydrogen-bond acceptors (Lipinski definition) is 3. The molecule has 1 aliphatic rings. The molecular formula is C15H19NO4. The van der Waals surface area contributed by atoms with Gasteiger partial charge in [0, 0.05) is 13.2 Å². The molecule has 0 aliphatic carbocycles. The molecule has 1 aromatic rings. The van der Waals surface area contributed by atoms with Crippen LogP contribution in [0.3, 0.4) is 0 Å². The molecule has 2 atom stereocenters. The number of amides is 1. The lowest BCUT2D eigenvalue weighted by molar-refractivity contribution is -0.131. The molecule has 2 unspecified atom stereocenters. The van der Waals surface area contributed by atoms with E-state index in [4.69, 9.17) is 9.84 Å². The van der Waals surface area contributed by atoms with Crippen molar-refractivity contribution >= 4 is 11.9 Å². The molecule has 1 fully saturated rings. The number of carboxylic acid groups (broad SMARTS) is 1. The molecular weight excluding hydrogens is 258 g/mol. The molecule has 0 bridgehead atoms. The summed E-state index contributed by atoms with van der Waals surface area (Å²) in [6.07, 6.45) is 1.17. The Morgan fingerprint density at radius 1 is 1.45 bits per heavy atom. The van der Waals surface area contributed by atoms with Crippen molar-refractivity contribution in [2.24, 2.45) is 5.92 Å². The Hall–Kier alpha value is -1.88. The smallest absolute Gasteiger partial charge is 0.335 e. The SMILES string of the molecule is CC1CCOC1C(=O)NCCc1cccc(C(=O)O)c1. The topological polar surface area (TPSA) is 75.6 Å². The summed E-state index contributed by atoms with van der Waals surface area (Å²) >= 11 is 0. The highest BCUT2D eigenvalue weighted by Gasteiger charge is 2.30. The minimum Gasteiger partial charge on any atom is -0.478 e. The van der Waals surface area contributed by atoms with Crippen LogP contribution in [0.15, 0.2) is 24.3 Å². The second kappa shape index (κ2) is 6.52. The van der Waals surface area contributed by atoms with E-state index in [-0.39, 0.29) is 23.5 Å². The predicted molar refractivity (Wildman–Crippen MR) is 73.6 cm³/mol. The van der Waals surface area contributed by atoms with Crippen molar-refractivity contribution in [3.63, 3.8) is 0 Å². The Morgan fingerprint density at radius 2 is 2.25 bits per heavy atom. The minimum atomic E-state index is -0.941. The molecule has 1 heterocycles. The molecule has 1 aromatic carbocycles. The molecule has 20 heavy (non-hydrogen) atoms. The van der Waals surface area contributed by atoms with Crippen molar-refractivity contribution < 1.29 is 19.4 Å². The summed E-state index contributed by atoms with van der Waals surface area (Å²) in [6.45, 7) is 3.13. The van der Waals surface area contributed by atoms with Crippen LogP contribution in [0.1, 0.15) is 29.3 Å². The van der Waals surface area contributed by atoms with Crippen LogP contribution in [0.25, 0.3) is 0 Å². The summed E-state index contributed by atoms with van der Waals surface area (Å²) in [7, 11) is 0. The van der Waals surface area contributed by atoms with Gasteiger partial charge in [-0.1, -0.05) is 19.1 Å². The number of carbonyl (C=O) groups is 2. The predicted octanol–water partition coefficient (Wildman–Crippen LogP) is 1.47. The third-order valence-corrected chi connectivity index (χ3v) is 3.53. The lowest BCUT2D eigenvalue weighted by atomic mass is 10.0. The lowest BCUT2D eigenvalue weighted by Crippen LogP contribution is -2.38. The lowest BCUT2D eigenvalue weighted by Gasteiger charge is -2.14. The number of aromatic carboxylic acids is 1. The number of carbonyl (C=O) groups excluding carboxylic acids is 1. The van der Waals surface area contributed by atoms with Crippen molar-refractivity contribution in [3.05, 3.63) is 35.4 Å². The van der Waals surface area contributed by atoms with Gasteiger partial charge < -0.3 is 15.2 Å². The van der Waals surface area contributed by atoms with Crippen LogP contribution in [0, 0.1) is 5.92 Å². The van der Waals surface area contributed by atoms with E-state index in [1.54, 1.807) is 18.2 Å². The first-order valence-electron chi connectivity index (χ1n) is 6.79. The van der Waals surface area contributed by atoms with E-state index in [9.17, 15) is 9.59 Å². The fraction of sp³-hybridized carbons (Fsp3) is 0.467. The molecule has 0 aromatic heterocycles. The zero-order valence-electron chi connectivity index (χ0n) is 11.5. The van der Waals surface area contributed by atoms with Crippen LogP contribution in [0.4, 0.5) is 0 Å². The van der Waals surface area contributed by atoms with Crippen LogP contribution in [-0.4, -0.2) is 36.2 Å². The molecule has 1 saturated heterocycles. The van der Waals surface area contributed by atoms with Gasteiger partial charge in [0.15, 0.2) is 0 Å². The van der Waals surface area contributed by atoms with E-state index >= 15 is 0 Å². The Kier molecular flexibility index (Phi) is 4.74. The van der Waals surface area contributed by atoms with Gasteiger partial charge >= 0.3 is 5.97 Å². The van der Waals surface area contributed by atoms with Gasteiger partial charge in [-0.3, -0.25) is 4.79 Å². The number of carboxylic acids is 1. The van der Waals surface area contributed by atoms with Crippen LogP contribution < -0.4 is 5.32 Å². The van der Waals surface area contributed by atoms with Crippen molar-refractivity contribution in [1.82, 2.24) is 5.32 Å². The summed E-state index contributed by atoms with van der Waals surface area (Å²) in [6, 6.07) is 6.75. The number of benzene rings is 1. The fourth-order valence-electron chi connectivity index (χ4n) is 2.32. The average Bonchev–Trinajstić information content (AvgIpc) is 2.85. The summed E-state index contributed by atoms with van der Waals surface area (Å²) in [4.78, 5) is 22.7. The van der Waals surface area contributed by atoms with Gasteiger partial charge in [-0.15, -0.1) is 0 Å². The molecule has 2 N–H and O–H groups in total. The minimum absolute atomic E-state index is 0.0793. The molecule has 1 aliphatic heterocycles. The maximum absolute atomic E-state index is 11.9. The van der Waals surface area contributed by atoms with Gasteiger partial charge in [0.2, 0.25) is 5.91 Å². The summed E-state index contributed by atoms with van der Waals surface area (Å²) in [5, 5.41) is 11.8. The van der Waals surface area contributed by atoms with Gasteiger partial charge in [-0.05, 0) is 36.5 Å². The molecule has 0 saturated carbocycles. The highest BCUT2D eigenvalue weighted by molar-refractivity contribution is 5.87. The summed E-state index contributed by atoms with van der Waals surface area (Å²) in [5.74, 6) is -0.765. The molecule has 108 valence electrons. The first-order chi connectivity index (χ1) is 9.58. The maximum Gasteiger partial charge on any atom is 0.335 e. The van der Waals surface area contributed by atoms with Crippen LogP contribution in [0.2, 0.25) is 0 Å². The average molecular weight is 277 g/mol. The Morgan fingerprint density at radius 3 is 2.90 bits per heavy atom.